The first-order valence-electron chi connectivity index (χ1n) is 18.6. The van der Waals surface area contributed by atoms with E-state index in [0.717, 1.165) is 44.2 Å². The lowest BCUT2D eigenvalue weighted by Gasteiger charge is -2.29. The molecule has 4 heterocycles. The van der Waals surface area contributed by atoms with Gasteiger partial charge in [0.1, 0.15) is 16.3 Å². The van der Waals surface area contributed by atoms with E-state index in [9.17, 15) is 39.6 Å². The van der Waals surface area contributed by atoms with Crippen molar-refractivity contribution in [3.63, 3.8) is 0 Å². The van der Waals surface area contributed by atoms with Crippen molar-refractivity contribution in [2.45, 2.75) is 45.6 Å². The van der Waals surface area contributed by atoms with Gasteiger partial charge in [0.05, 0.1) is 20.8 Å². The number of benzene rings is 3. The number of thiazole rings is 2. The van der Waals surface area contributed by atoms with Crippen molar-refractivity contribution < 1.29 is 39.6 Å². The molecule has 1 aliphatic heterocycles. The Morgan fingerprint density at radius 2 is 1.79 bits per heavy atom. The number of nitrogens with zero attached hydrogens (tertiary/aromatic N) is 5. The van der Waals surface area contributed by atoms with Gasteiger partial charge >= 0.3 is 5.51 Å². The Morgan fingerprint density at radius 3 is 2.52 bits per heavy atom. The SMILES string of the molecule is CN(C)CC[C@H](CSc1ccccc1)Nc1ccc(S(=O)(=O)CC(=O)c2csc(N3CCc4cccc(C(=O)Nc5nc6ccncc6s5)c4C3)n2)cc1S(=O)(=O)C(F)(F)F. The Morgan fingerprint density at radius 1 is 1.00 bits per heavy atom. The summed E-state index contributed by atoms with van der Waals surface area (Å²) in [6.07, 6.45) is 4.26. The van der Waals surface area contributed by atoms with Crippen molar-refractivity contribution in [2.75, 3.05) is 54.2 Å². The quantitative estimate of drug-likeness (QED) is 0.0726. The van der Waals surface area contributed by atoms with Crippen molar-refractivity contribution in [3.05, 3.63) is 113 Å². The van der Waals surface area contributed by atoms with Crippen LogP contribution >= 0.6 is 34.4 Å². The van der Waals surface area contributed by atoms with Crippen LogP contribution < -0.4 is 15.5 Å². The van der Waals surface area contributed by atoms with Crippen LogP contribution in [0, 0.1) is 0 Å². The lowest BCUT2D eigenvalue weighted by Crippen LogP contribution is -2.32. The molecule has 0 saturated heterocycles. The van der Waals surface area contributed by atoms with Gasteiger partial charge in [-0.3, -0.25) is 19.9 Å². The maximum atomic E-state index is 14.1. The highest BCUT2D eigenvalue weighted by Crippen LogP contribution is 2.37. The van der Waals surface area contributed by atoms with Crippen LogP contribution in [0.1, 0.15) is 38.4 Å². The summed E-state index contributed by atoms with van der Waals surface area (Å²) in [5.41, 5.74) is -3.50. The van der Waals surface area contributed by atoms with Crippen LogP contribution in [0.15, 0.2) is 105 Å². The summed E-state index contributed by atoms with van der Waals surface area (Å²) in [5, 5.41) is 8.00. The lowest BCUT2D eigenvalue weighted by atomic mass is 9.94. The summed E-state index contributed by atoms with van der Waals surface area (Å²) in [4.78, 5) is 42.5. The molecular weight excluding hydrogens is 892 g/mol. The second-order valence-corrected chi connectivity index (χ2v) is 21.2. The van der Waals surface area contributed by atoms with Crippen LogP contribution in [0.5, 0.6) is 0 Å². The minimum Gasteiger partial charge on any atom is -0.380 e. The molecule has 1 atom stereocenters. The van der Waals surface area contributed by atoms with Gasteiger partial charge in [0, 0.05) is 53.1 Å². The average Bonchev–Trinajstić information content (AvgIpc) is 3.89. The maximum Gasteiger partial charge on any atom is 0.501 e. The smallest absolute Gasteiger partial charge is 0.380 e. The number of Topliss-reactive ketones (excluding diaryl/α,β-unsaturated/α-hetero) is 1. The third kappa shape index (κ3) is 10.2. The number of alkyl halides is 3. The highest BCUT2D eigenvalue weighted by molar-refractivity contribution is 7.99. The van der Waals surface area contributed by atoms with E-state index in [0.29, 0.717) is 59.1 Å². The second-order valence-electron chi connectivity index (χ2n) is 14.3. The van der Waals surface area contributed by atoms with Crippen LogP contribution in [0.2, 0.25) is 0 Å². The minimum atomic E-state index is -6.05. The molecule has 3 aromatic heterocycles. The molecule has 320 valence electrons. The number of amides is 1. The van der Waals surface area contributed by atoms with Crippen molar-refractivity contribution in [1.29, 1.82) is 0 Å². The molecule has 61 heavy (non-hydrogen) atoms. The van der Waals surface area contributed by atoms with Gasteiger partial charge in [-0.25, -0.2) is 26.8 Å². The number of sulfone groups is 2. The first kappa shape index (κ1) is 44.1. The van der Waals surface area contributed by atoms with Crippen molar-refractivity contribution in [1.82, 2.24) is 19.9 Å². The summed E-state index contributed by atoms with van der Waals surface area (Å²) in [6.45, 7) is 1.27. The molecule has 0 aliphatic carbocycles. The number of ketones is 1. The van der Waals surface area contributed by atoms with Crippen molar-refractivity contribution >= 4 is 92.0 Å². The normalized spacial score (nSPS) is 13.9. The Hall–Kier alpha value is -4.93. The molecule has 7 rings (SSSR count). The number of anilines is 3. The second kappa shape index (κ2) is 18.2. The lowest BCUT2D eigenvalue weighted by molar-refractivity contribution is -0.0435. The van der Waals surface area contributed by atoms with Crippen LogP contribution in [0.25, 0.3) is 10.2 Å². The van der Waals surface area contributed by atoms with Gasteiger partial charge in [0.25, 0.3) is 15.7 Å². The first-order valence-corrected chi connectivity index (χ1v) is 24.4. The minimum absolute atomic E-state index is 0.188. The van der Waals surface area contributed by atoms with Gasteiger partial charge in [0.2, 0.25) is 0 Å². The molecule has 0 fully saturated rings. The zero-order valence-electron chi connectivity index (χ0n) is 32.5. The molecule has 13 nitrogen and oxygen atoms in total. The zero-order chi connectivity index (χ0) is 43.5. The van der Waals surface area contributed by atoms with Crippen LogP contribution in [0.4, 0.5) is 29.1 Å². The van der Waals surface area contributed by atoms with Gasteiger partial charge < -0.3 is 15.1 Å². The number of rotatable bonds is 16. The molecule has 0 unspecified atom stereocenters. The molecule has 3 aromatic carbocycles. The molecule has 6 aromatic rings. The largest absolute Gasteiger partial charge is 0.501 e. The van der Waals surface area contributed by atoms with E-state index in [2.05, 4.69) is 25.6 Å². The number of nitrogens with one attached hydrogen (secondary N) is 2. The fraction of sp³-hybridized carbons (Fsp3) is 0.275. The number of hydrogen-bond donors (Lipinski definition) is 2. The number of pyridine rings is 1. The van der Waals surface area contributed by atoms with Crippen LogP contribution in [-0.2, 0) is 32.6 Å². The fourth-order valence-electron chi connectivity index (χ4n) is 6.53. The highest BCUT2D eigenvalue weighted by Gasteiger charge is 2.48. The number of hydrogen-bond acceptors (Lipinski definition) is 15. The standard InChI is InChI=1S/C40H38F3N7O6S5/c1-49(2)17-15-26(22-57-27-8-4-3-5-9-27)45-32-12-11-28(19-36(32)61(55,56)40(41,42)43)60(53,54)24-34(51)33-23-58-39(47-33)50-18-14-25-7-6-10-29(30(25)21-50)37(52)48-38-46-31-13-16-44-20-35(31)59-38/h3-13,16,19-20,23,26,45H,14-15,17-18,21-22,24H2,1-2H3,(H,46,48,52)/t26-/m1/s1. The number of carbonyl (C=O) groups excluding carboxylic acids is 2. The third-order valence-corrected chi connectivity index (χ3v) is 15.8. The van der Waals surface area contributed by atoms with Crippen LogP contribution in [0.3, 0.4) is 0 Å². The van der Waals surface area contributed by atoms with Crippen LogP contribution in [-0.4, -0.2) is 98.6 Å². The molecular formula is C40H38F3N7O6S5. The summed E-state index contributed by atoms with van der Waals surface area (Å²) in [5.74, 6) is -2.11. The van der Waals surface area contributed by atoms with Gasteiger partial charge in [-0.15, -0.1) is 23.1 Å². The molecule has 0 saturated carbocycles. The molecule has 0 spiro atoms. The highest BCUT2D eigenvalue weighted by atomic mass is 32.2. The van der Waals surface area contributed by atoms with Gasteiger partial charge in [-0.1, -0.05) is 41.7 Å². The first-order chi connectivity index (χ1) is 29.0. The summed E-state index contributed by atoms with van der Waals surface area (Å²) >= 11 is 3.81. The molecule has 0 bridgehead atoms. The number of halogens is 3. The fourth-order valence-corrected chi connectivity index (χ4v) is 11.5. The Bertz CT molecular complexity index is 2770. The van der Waals surface area contributed by atoms with E-state index in [1.807, 2.05) is 60.3 Å². The molecule has 21 heteroatoms. The van der Waals surface area contributed by atoms with Gasteiger partial charge in [-0.2, -0.15) is 13.2 Å². The monoisotopic (exact) mass is 929 g/mol. The topological polar surface area (TPSA) is 172 Å². The van der Waals surface area contributed by atoms with Crippen molar-refractivity contribution in [3.8, 4) is 0 Å². The number of carbonyl (C=O) groups is 2. The van der Waals surface area contributed by atoms with E-state index in [1.165, 1.54) is 28.5 Å². The number of aromatic nitrogens is 3. The van der Waals surface area contributed by atoms with E-state index >= 15 is 0 Å². The summed E-state index contributed by atoms with van der Waals surface area (Å²) in [6, 6.07) is 18.4. The third-order valence-electron chi connectivity index (χ3n) is 9.68. The number of thioether (sulfide) groups is 1. The molecule has 0 radical (unpaired) electrons. The average molecular weight is 930 g/mol. The van der Waals surface area contributed by atoms with Gasteiger partial charge in [-0.05, 0) is 87.1 Å². The van der Waals surface area contributed by atoms with E-state index < -0.39 is 58.2 Å². The Labute approximate surface area is 362 Å². The predicted octanol–water partition coefficient (Wildman–Crippen LogP) is 7.44. The maximum absolute atomic E-state index is 14.1. The van der Waals surface area contributed by atoms with Gasteiger partial charge in [0.15, 0.2) is 25.9 Å². The Balaban J connectivity index is 1.08. The van der Waals surface area contributed by atoms with E-state index in [1.54, 1.807) is 30.6 Å². The molecule has 2 N–H and O–H groups in total. The molecule has 1 aliphatic rings. The molecule has 1 amide bonds. The van der Waals surface area contributed by atoms with Crippen molar-refractivity contribution in [2.24, 2.45) is 0 Å². The Kier molecular flexibility index (Phi) is 13.2. The zero-order valence-corrected chi connectivity index (χ0v) is 36.6. The van der Waals surface area contributed by atoms with E-state index in [-0.39, 0.29) is 18.1 Å². The predicted molar refractivity (Wildman–Crippen MR) is 232 cm³/mol. The summed E-state index contributed by atoms with van der Waals surface area (Å²) in [7, 11) is -7.08. The number of fused-ring (bicyclic) bond motifs is 2. The summed E-state index contributed by atoms with van der Waals surface area (Å²) < 4.78 is 96.2. The van der Waals surface area contributed by atoms with E-state index in [4.69, 9.17) is 0 Å².